The van der Waals surface area contributed by atoms with Gasteiger partial charge in [0.15, 0.2) is 0 Å². The minimum absolute atomic E-state index is 0. The Morgan fingerprint density at radius 1 is 1.65 bits per heavy atom. The number of rotatable bonds is 6. The Hall–Kier alpha value is -0.330. The normalized spacial score (nSPS) is 11.7. The molecule has 0 bridgehead atoms. The maximum atomic E-state index is 11.4. The van der Waals surface area contributed by atoms with Crippen molar-refractivity contribution in [2.24, 2.45) is 5.73 Å². The number of hydrogen-bond donors (Lipinski definition) is 2. The standard InChI is InChI=1S/C10H15ClN2O2S.ClH/c1-15-6-8(12)10(14)13-5-4-7-2-3-9(11)16-7;/h2-3,8H,4-6,12H2,1H3,(H,13,14);1H. The molecule has 0 aliphatic carbocycles. The molecule has 0 fully saturated rings. The van der Waals surface area contributed by atoms with Gasteiger partial charge in [0.05, 0.1) is 10.9 Å². The Morgan fingerprint density at radius 2 is 2.35 bits per heavy atom. The first-order valence-corrected chi connectivity index (χ1v) is 6.09. The molecule has 0 saturated carbocycles. The van der Waals surface area contributed by atoms with E-state index in [9.17, 15) is 4.79 Å². The van der Waals surface area contributed by atoms with Crippen LogP contribution in [0.2, 0.25) is 4.34 Å². The molecule has 7 heteroatoms. The zero-order chi connectivity index (χ0) is 12.0. The predicted octanol–water partition coefficient (Wildman–Crippen LogP) is 1.46. The van der Waals surface area contributed by atoms with E-state index >= 15 is 0 Å². The third-order valence-corrected chi connectivity index (χ3v) is 3.27. The van der Waals surface area contributed by atoms with Gasteiger partial charge in [-0.05, 0) is 18.6 Å². The Labute approximate surface area is 116 Å². The largest absolute Gasteiger partial charge is 0.383 e. The van der Waals surface area contributed by atoms with Crippen LogP contribution in [0.15, 0.2) is 12.1 Å². The van der Waals surface area contributed by atoms with Crippen LogP contribution in [0, 0.1) is 0 Å². The van der Waals surface area contributed by atoms with E-state index in [1.165, 1.54) is 18.4 Å². The quantitative estimate of drug-likeness (QED) is 0.836. The van der Waals surface area contributed by atoms with E-state index in [0.717, 1.165) is 15.6 Å². The van der Waals surface area contributed by atoms with Crippen molar-refractivity contribution in [2.45, 2.75) is 12.5 Å². The lowest BCUT2D eigenvalue weighted by molar-refractivity contribution is -0.123. The highest BCUT2D eigenvalue weighted by Crippen LogP contribution is 2.21. The van der Waals surface area contributed by atoms with Gasteiger partial charge in [0, 0.05) is 18.5 Å². The zero-order valence-corrected chi connectivity index (χ0v) is 11.8. The second-order valence-electron chi connectivity index (χ2n) is 3.31. The molecule has 1 unspecified atom stereocenters. The van der Waals surface area contributed by atoms with Gasteiger partial charge >= 0.3 is 0 Å². The molecule has 98 valence electrons. The summed E-state index contributed by atoms with van der Waals surface area (Å²) in [5, 5.41) is 2.74. The summed E-state index contributed by atoms with van der Waals surface area (Å²) in [5.41, 5.74) is 5.56. The van der Waals surface area contributed by atoms with E-state index in [0.29, 0.717) is 6.54 Å². The Morgan fingerprint density at radius 3 is 2.88 bits per heavy atom. The van der Waals surface area contributed by atoms with Gasteiger partial charge in [0.2, 0.25) is 5.91 Å². The number of nitrogens with two attached hydrogens (primary N) is 1. The summed E-state index contributed by atoms with van der Waals surface area (Å²) in [6, 6.07) is 3.20. The van der Waals surface area contributed by atoms with E-state index < -0.39 is 6.04 Å². The summed E-state index contributed by atoms with van der Waals surface area (Å²) >= 11 is 7.30. The molecule has 1 atom stereocenters. The summed E-state index contributed by atoms with van der Waals surface area (Å²) in [6.07, 6.45) is 0.767. The van der Waals surface area contributed by atoms with E-state index in [4.69, 9.17) is 22.1 Å². The lowest BCUT2D eigenvalue weighted by Gasteiger charge is -2.10. The van der Waals surface area contributed by atoms with Crippen molar-refractivity contribution in [1.29, 1.82) is 0 Å². The summed E-state index contributed by atoms with van der Waals surface area (Å²) in [5.74, 6) is -0.190. The van der Waals surface area contributed by atoms with Gasteiger partial charge in [-0.15, -0.1) is 23.7 Å². The average Bonchev–Trinajstić information content (AvgIpc) is 2.64. The first-order valence-electron chi connectivity index (χ1n) is 4.90. The van der Waals surface area contributed by atoms with E-state index in [1.807, 2.05) is 12.1 Å². The zero-order valence-electron chi connectivity index (χ0n) is 9.44. The van der Waals surface area contributed by atoms with Gasteiger partial charge < -0.3 is 15.8 Å². The molecule has 1 aromatic heterocycles. The number of carbonyl (C=O) groups is 1. The number of hydrogen-bond acceptors (Lipinski definition) is 4. The van der Waals surface area contributed by atoms with Crippen LogP contribution in [0.4, 0.5) is 0 Å². The van der Waals surface area contributed by atoms with Crippen molar-refractivity contribution in [1.82, 2.24) is 5.32 Å². The highest BCUT2D eigenvalue weighted by molar-refractivity contribution is 7.16. The van der Waals surface area contributed by atoms with Crippen LogP contribution in [-0.2, 0) is 16.0 Å². The first-order chi connectivity index (χ1) is 7.63. The molecular weight excluding hydrogens is 283 g/mol. The fourth-order valence-corrected chi connectivity index (χ4v) is 2.27. The first kappa shape index (κ1) is 16.7. The number of thiophene rings is 1. The number of methoxy groups -OCH3 is 1. The van der Waals surface area contributed by atoms with Crippen LogP contribution < -0.4 is 11.1 Å². The van der Waals surface area contributed by atoms with Crippen LogP contribution in [-0.4, -0.2) is 32.2 Å². The summed E-state index contributed by atoms with van der Waals surface area (Å²) in [7, 11) is 1.51. The molecule has 0 aliphatic rings. The van der Waals surface area contributed by atoms with E-state index in [1.54, 1.807) is 0 Å². The summed E-state index contributed by atoms with van der Waals surface area (Å²) < 4.78 is 5.55. The third-order valence-electron chi connectivity index (χ3n) is 1.98. The molecule has 4 nitrogen and oxygen atoms in total. The molecular formula is C10H16Cl2N2O2S. The highest BCUT2D eigenvalue weighted by Gasteiger charge is 2.11. The molecule has 0 aromatic carbocycles. The fraction of sp³-hybridized carbons (Fsp3) is 0.500. The van der Waals surface area contributed by atoms with Crippen molar-refractivity contribution in [3.8, 4) is 0 Å². The van der Waals surface area contributed by atoms with Gasteiger partial charge in [-0.1, -0.05) is 11.6 Å². The van der Waals surface area contributed by atoms with Crippen LogP contribution >= 0.6 is 35.3 Å². The molecule has 0 aliphatic heterocycles. The SMILES string of the molecule is COCC(N)C(=O)NCCc1ccc(Cl)s1.Cl. The Balaban J connectivity index is 0.00000256. The fourth-order valence-electron chi connectivity index (χ4n) is 1.18. The minimum Gasteiger partial charge on any atom is -0.383 e. The van der Waals surface area contributed by atoms with Crippen molar-refractivity contribution in [3.63, 3.8) is 0 Å². The van der Waals surface area contributed by atoms with Gasteiger partial charge in [0.25, 0.3) is 0 Å². The van der Waals surface area contributed by atoms with Crippen molar-refractivity contribution < 1.29 is 9.53 Å². The molecule has 0 radical (unpaired) electrons. The second kappa shape index (κ2) is 8.72. The number of ether oxygens (including phenoxy) is 1. The number of amides is 1. The lowest BCUT2D eigenvalue weighted by Crippen LogP contribution is -2.44. The molecule has 1 rings (SSSR count). The molecule has 1 amide bonds. The van der Waals surface area contributed by atoms with E-state index in [-0.39, 0.29) is 24.9 Å². The van der Waals surface area contributed by atoms with Gasteiger partial charge in [-0.3, -0.25) is 4.79 Å². The van der Waals surface area contributed by atoms with Crippen LogP contribution in [0.5, 0.6) is 0 Å². The van der Waals surface area contributed by atoms with Crippen molar-refractivity contribution in [2.75, 3.05) is 20.3 Å². The smallest absolute Gasteiger partial charge is 0.239 e. The van der Waals surface area contributed by atoms with Gasteiger partial charge in [-0.25, -0.2) is 0 Å². The van der Waals surface area contributed by atoms with Crippen LogP contribution in [0.1, 0.15) is 4.88 Å². The number of nitrogens with one attached hydrogen (secondary N) is 1. The topological polar surface area (TPSA) is 64.3 Å². The predicted molar refractivity (Wildman–Crippen MR) is 73.1 cm³/mol. The monoisotopic (exact) mass is 298 g/mol. The number of halogens is 2. The number of carbonyl (C=O) groups excluding carboxylic acids is 1. The minimum atomic E-state index is -0.600. The Bertz CT molecular complexity index is 347. The highest BCUT2D eigenvalue weighted by atomic mass is 35.5. The van der Waals surface area contributed by atoms with Crippen molar-refractivity contribution >= 4 is 41.3 Å². The molecule has 0 saturated heterocycles. The molecule has 1 aromatic rings. The van der Waals surface area contributed by atoms with Crippen LogP contribution in [0.25, 0.3) is 0 Å². The van der Waals surface area contributed by atoms with Gasteiger partial charge in [-0.2, -0.15) is 0 Å². The average molecular weight is 299 g/mol. The molecule has 1 heterocycles. The van der Waals surface area contributed by atoms with Gasteiger partial charge in [0.1, 0.15) is 6.04 Å². The second-order valence-corrected chi connectivity index (χ2v) is 5.11. The summed E-state index contributed by atoms with van der Waals surface area (Å²) in [6.45, 7) is 0.795. The maximum Gasteiger partial charge on any atom is 0.239 e. The third kappa shape index (κ3) is 6.24. The molecule has 17 heavy (non-hydrogen) atoms. The summed E-state index contributed by atoms with van der Waals surface area (Å²) in [4.78, 5) is 12.5. The molecule has 3 N–H and O–H groups in total. The van der Waals surface area contributed by atoms with Crippen LogP contribution in [0.3, 0.4) is 0 Å². The molecule has 0 spiro atoms. The lowest BCUT2D eigenvalue weighted by atomic mass is 10.3. The Kier molecular flexibility index (Phi) is 8.55. The van der Waals surface area contributed by atoms with Crippen molar-refractivity contribution in [3.05, 3.63) is 21.3 Å². The maximum absolute atomic E-state index is 11.4. The van der Waals surface area contributed by atoms with E-state index in [2.05, 4.69) is 5.32 Å².